The maximum atomic E-state index is 12.6. The maximum absolute atomic E-state index is 12.6. The molecule has 1 aromatic carbocycles. The number of rotatable bonds is 3. The Morgan fingerprint density at radius 1 is 1.20 bits per heavy atom. The van der Waals surface area contributed by atoms with Crippen molar-refractivity contribution in [2.45, 2.75) is 19.5 Å². The molecule has 0 aliphatic carbocycles. The second kappa shape index (κ2) is 4.94. The summed E-state index contributed by atoms with van der Waals surface area (Å²) in [6.07, 6.45) is 1.72. The summed E-state index contributed by atoms with van der Waals surface area (Å²) in [4.78, 5) is 17.1. The summed E-state index contributed by atoms with van der Waals surface area (Å²) < 4.78 is 3.20. The first-order chi connectivity index (χ1) is 9.72. The highest BCUT2D eigenvalue weighted by atomic mass is 16.1. The molecule has 2 N–H and O–H groups in total. The quantitative estimate of drug-likeness (QED) is 0.784. The van der Waals surface area contributed by atoms with Gasteiger partial charge in [-0.05, 0) is 24.6 Å². The molecule has 102 valence electrons. The minimum atomic E-state index is -0.114. The topological polar surface area (TPSA) is 65.3 Å². The van der Waals surface area contributed by atoms with E-state index in [9.17, 15) is 4.79 Å². The predicted molar refractivity (Wildman–Crippen MR) is 77.6 cm³/mol. The molecule has 20 heavy (non-hydrogen) atoms. The van der Waals surface area contributed by atoms with Gasteiger partial charge in [0.1, 0.15) is 11.5 Å². The van der Waals surface area contributed by atoms with Crippen LogP contribution in [0.25, 0.3) is 5.65 Å². The van der Waals surface area contributed by atoms with Crippen LogP contribution in [0.2, 0.25) is 0 Å². The zero-order chi connectivity index (χ0) is 14.1. The number of fused-ring (bicyclic) bond motifs is 1. The Balaban J connectivity index is 2.24. The van der Waals surface area contributed by atoms with Crippen LogP contribution < -0.4 is 11.4 Å². The van der Waals surface area contributed by atoms with Crippen molar-refractivity contribution in [3.05, 3.63) is 70.5 Å². The summed E-state index contributed by atoms with van der Waals surface area (Å²) in [6, 6.07) is 13.4. The molecule has 1 atom stereocenters. The van der Waals surface area contributed by atoms with Crippen LogP contribution in [0.3, 0.4) is 0 Å². The molecule has 0 radical (unpaired) electrons. The summed E-state index contributed by atoms with van der Waals surface area (Å²) in [5.74, 6) is 0.595. The van der Waals surface area contributed by atoms with E-state index in [1.165, 1.54) is 0 Å². The molecule has 0 aliphatic rings. The molecule has 2 aromatic heterocycles. The summed E-state index contributed by atoms with van der Waals surface area (Å²) in [5.41, 5.74) is 7.33. The van der Waals surface area contributed by atoms with E-state index in [-0.39, 0.29) is 18.3 Å². The number of hydrogen-bond acceptors (Lipinski definition) is 3. The standard InChI is InChI=1S/C15H16N4O/c1-11(12-6-3-2-4-7-12)19-14(10-16)17-13-8-5-9-18(13)15(19)20/h2-9,11H,10,16H2,1H3. The van der Waals surface area contributed by atoms with E-state index >= 15 is 0 Å². The van der Waals surface area contributed by atoms with Crippen LogP contribution in [-0.4, -0.2) is 14.0 Å². The lowest BCUT2D eigenvalue weighted by Crippen LogP contribution is -2.33. The van der Waals surface area contributed by atoms with E-state index in [4.69, 9.17) is 5.73 Å². The Kier molecular flexibility index (Phi) is 3.12. The van der Waals surface area contributed by atoms with Crippen molar-refractivity contribution in [1.29, 1.82) is 0 Å². The van der Waals surface area contributed by atoms with Crippen LogP contribution in [0, 0.1) is 0 Å². The Morgan fingerprint density at radius 3 is 2.65 bits per heavy atom. The van der Waals surface area contributed by atoms with Crippen LogP contribution in [-0.2, 0) is 6.54 Å². The van der Waals surface area contributed by atoms with Gasteiger partial charge in [-0.1, -0.05) is 30.3 Å². The minimum Gasteiger partial charge on any atom is -0.324 e. The fourth-order valence-electron chi connectivity index (χ4n) is 2.45. The zero-order valence-corrected chi connectivity index (χ0v) is 11.2. The number of aromatic nitrogens is 3. The minimum absolute atomic E-state index is 0.110. The molecule has 1 unspecified atom stereocenters. The monoisotopic (exact) mass is 268 g/mol. The van der Waals surface area contributed by atoms with Gasteiger partial charge >= 0.3 is 5.69 Å². The van der Waals surface area contributed by atoms with E-state index in [2.05, 4.69) is 4.98 Å². The molecule has 0 saturated carbocycles. The van der Waals surface area contributed by atoms with Crippen molar-refractivity contribution in [2.75, 3.05) is 0 Å². The number of benzene rings is 1. The molecule has 3 rings (SSSR count). The Bertz CT molecular complexity index is 788. The molecule has 0 bridgehead atoms. The fourth-order valence-corrected chi connectivity index (χ4v) is 2.45. The molecule has 0 spiro atoms. The van der Waals surface area contributed by atoms with Crippen LogP contribution >= 0.6 is 0 Å². The average molecular weight is 268 g/mol. The van der Waals surface area contributed by atoms with Gasteiger partial charge in [0.05, 0.1) is 12.6 Å². The van der Waals surface area contributed by atoms with Crippen molar-refractivity contribution < 1.29 is 0 Å². The number of nitrogens with zero attached hydrogens (tertiary/aromatic N) is 3. The molecule has 5 nitrogen and oxygen atoms in total. The van der Waals surface area contributed by atoms with Gasteiger partial charge in [-0.15, -0.1) is 0 Å². The first kappa shape index (κ1) is 12.6. The van der Waals surface area contributed by atoms with Crippen LogP contribution in [0.4, 0.5) is 0 Å². The number of hydrogen-bond donors (Lipinski definition) is 1. The highest BCUT2D eigenvalue weighted by Gasteiger charge is 2.16. The van der Waals surface area contributed by atoms with Gasteiger partial charge in [0.2, 0.25) is 0 Å². The molecule has 2 heterocycles. The molecule has 0 saturated heterocycles. The SMILES string of the molecule is CC(c1ccccc1)n1c(CN)nc2cccn2c1=O. The lowest BCUT2D eigenvalue weighted by Gasteiger charge is -2.19. The van der Waals surface area contributed by atoms with Gasteiger partial charge in [0.15, 0.2) is 0 Å². The second-order valence-electron chi connectivity index (χ2n) is 4.71. The molecule has 0 aliphatic heterocycles. The van der Waals surface area contributed by atoms with Gasteiger partial charge in [-0.3, -0.25) is 8.97 Å². The predicted octanol–water partition coefficient (Wildman–Crippen LogP) is 1.56. The Labute approximate surface area is 116 Å². The summed E-state index contributed by atoms with van der Waals surface area (Å²) in [5, 5.41) is 0. The van der Waals surface area contributed by atoms with Gasteiger partial charge in [-0.2, -0.15) is 0 Å². The van der Waals surface area contributed by atoms with Crippen molar-refractivity contribution in [3.63, 3.8) is 0 Å². The zero-order valence-electron chi connectivity index (χ0n) is 11.2. The third-order valence-corrected chi connectivity index (χ3v) is 3.51. The van der Waals surface area contributed by atoms with Gasteiger partial charge in [0.25, 0.3) is 0 Å². The first-order valence-electron chi connectivity index (χ1n) is 6.56. The fraction of sp³-hybridized carbons (Fsp3) is 0.200. The third kappa shape index (κ3) is 1.92. The van der Waals surface area contributed by atoms with Gasteiger partial charge < -0.3 is 5.73 Å². The second-order valence-corrected chi connectivity index (χ2v) is 4.71. The van der Waals surface area contributed by atoms with Crippen molar-refractivity contribution >= 4 is 5.65 Å². The normalized spacial score (nSPS) is 12.7. The Morgan fingerprint density at radius 2 is 1.95 bits per heavy atom. The van der Waals surface area contributed by atoms with Crippen molar-refractivity contribution in [1.82, 2.24) is 14.0 Å². The van der Waals surface area contributed by atoms with Crippen LogP contribution in [0.5, 0.6) is 0 Å². The Hall–Kier alpha value is -2.40. The smallest absolute Gasteiger partial charge is 0.324 e. The largest absolute Gasteiger partial charge is 0.335 e. The molecule has 0 fully saturated rings. The lowest BCUT2D eigenvalue weighted by atomic mass is 10.1. The molecule has 5 heteroatoms. The summed E-state index contributed by atoms with van der Waals surface area (Å²) in [6.45, 7) is 2.21. The average Bonchev–Trinajstić information content (AvgIpc) is 2.96. The first-order valence-corrected chi connectivity index (χ1v) is 6.56. The third-order valence-electron chi connectivity index (χ3n) is 3.51. The van der Waals surface area contributed by atoms with E-state index in [1.807, 2.05) is 43.3 Å². The van der Waals surface area contributed by atoms with Crippen LogP contribution in [0.1, 0.15) is 24.4 Å². The van der Waals surface area contributed by atoms with Gasteiger partial charge in [0, 0.05) is 6.20 Å². The van der Waals surface area contributed by atoms with E-state index < -0.39 is 0 Å². The molecule has 0 amide bonds. The highest BCUT2D eigenvalue weighted by Crippen LogP contribution is 2.17. The van der Waals surface area contributed by atoms with Crippen molar-refractivity contribution in [3.8, 4) is 0 Å². The number of nitrogens with two attached hydrogens (primary N) is 1. The highest BCUT2D eigenvalue weighted by molar-refractivity contribution is 5.38. The van der Waals surface area contributed by atoms with Gasteiger partial charge in [-0.25, -0.2) is 9.78 Å². The van der Waals surface area contributed by atoms with Crippen LogP contribution in [0.15, 0.2) is 53.5 Å². The molecular formula is C15H16N4O. The molecular weight excluding hydrogens is 252 g/mol. The van der Waals surface area contributed by atoms with E-state index in [0.717, 1.165) is 5.56 Å². The maximum Gasteiger partial charge on any atom is 0.335 e. The summed E-state index contributed by atoms with van der Waals surface area (Å²) in [7, 11) is 0. The van der Waals surface area contributed by atoms with Crippen molar-refractivity contribution in [2.24, 2.45) is 5.73 Å². The summed E-state index contributed by atoms with van der Waals surface area (Å²) >= 11 is 0. The van der Waals surface area contributed by atoms with E-state index in [0.29, 0.717) is 11.5 Å². The lowest BCUT2D eigenvalue weighted by molar-refractivity contribution is 0.543. The van der Waals surface area contributed by atoms with E-state index in [1.54, 1.807) is 21.2 Å². The molecule has 3 aromatic rings.